The smallest absolute Gasteiger partial charge is 0.312 e. The first-order valence-corrected chi connectivity index (χ1v) is 6.04. The van der Waals surface area contributed by atoms with E-state index >= 15 is 0 Å². The van der Waals surface area contributed by atoms with Crippen LogP contribution in [0.25, 0.3) is 0 Å². The van der Waals surface area contributed by atoms with Gasteiger partial charge in [0.15, 0.2) is 0 Å². The summed E-state index contributed by atoms with van der Waals surface area (Å²) in [6.45, 7) is -0.145. The van der Waals surface area contributed by atoms with E-state index in [0.29, 0.717) is 11.3 Å². The van der Waals surface area contributed by atoms with E-state index in [0.717, 1.165) is 4.31 Å². The van der Waals surface area contributed by atoms with Gasteiger partial charge in [-0.3, -0.25) is 9.10 Å². The van der Waals surface area contributed by atoms with Crippen LogP contribution in [0.15, 0.2) is 24.3 Å². The Bertz CT molecular complexity index is 540. The van der Waals surface area contributed by atoms with Gasteiger partial charge in [0.2, 0.25) is 0 Å². The molecule has 0 aromatic heterocycles. The second kappa shape index (κ2) is 3.46. The van der Waals surface area contributed by atoms with E-state index in [2.05, 4.69) is 0 Å². The topological polar surface area (TPSA) is 101 Å². The maximum atomic E-state index is 11.3. The highest BCUT2D eigenvalue weighted by Crippen LogP contribution is 2.36. The molecule has 7 heteroatoms. The number of para-hydroxylation sites is 1. The molecular formula is C9H10N2O4S. The fourth-order valence-electron chi connectivity index (χ4n) is 1.82. The van der Waals surface area contributed by atoms with Crippen LogP contribution in [-0.4, -0.2) is 26.0 Å². The van der Waals surface area contributed by atoms with E-state index in [1.54, 1.807) is 24.3 Å². The van der Waals surface area contributed by atoms with Crippen molar-refractivity contribution in [2.45, 2.75) is 5.92 Å². The zero-order valence-corrected chi connectivity index (χ0v) is 9.02. The molecule has 0 amide bonds. The highest BCUT2D eigenvalue weighted by molar-refractivity contribution is 7.90. The second-order valence-corrected chi connectivity index (χ2v) is 5.00. The van der Waals surface area contributed by atoms with Crippen molar-refractivity contribution in [3.05, 3.63) is 29.8 Å². The van der Waals surface area contributed by atoms with Crippen LogP contribution in [0.5, 0.6) is 0 Å². The molecule has 1 unspecified atom stereocenters. The summed E-state index contributed by atoms with van der Waals surface area (Å²) in [5.41, 5.74) is 0.821. The summed E-state index contributed by atoms with van der Waals surface area (Å²) in [7, 11) is -3.91. The normalized spacial score (nSPS) is 19.6. The van der Waals surface area contributed by atoms with Crippen LogP contribution in [0, 0.1) is 0 Å². The van der Waals surface area contributed by atoms with Crippen LogP contribution in [0.2, 0.25) is 0 Å². The van der Waals surface area contributed by atoms with Gasteiger partial charge in [0.25, 0.3) is 10.2 Å². The van der Waals surface area contributed by atoms with Crippen LogP contribution in [0.4, 0.5) is 5.69 Å². The third-order valence-corrected chi connectivity index (χ3v) is 3.49. The Hall–Kier alpha value is -1.60. The minimum absolute atomic E-state index is 0.145. The average molecular weight is 242 g/mol. The van der Waals surface area contributed by atoms with Gasteiger partial charge in [-0.05, 0) is 11.6 Å². The number of nitrogens with zero attached hydrogens (tertiary/aromatic N) is 1. The number of hydrogen-bond donors (Lipinski definition) is 2. The number of hydrogen-bond acceptors (Lipinski definition) is 3. The predicted molar refractivity (Wildman–Crippen MR) is 57.3 cm³/mol. The summed E-state index contributed by atoms with van der Waals surface area (Å²) < 4.78 is 23.5. The quantitative estimate of drug-likeness (QED) is 0.754. The molecular weight excluding hydrogens is 232 g/mol. The maximum Gasteiger partial charge on any atom is 0.312 e. The SMILES string of the molecule is NS(=O)(=O)N1CC(C(=O)O)c2ccccc21. The molecule has 1 heterocycles. The molecule has 0 spiro atoms. The number of fused-ring (bicyclic) bond motifs is 1. The molecule has 0 aliphatic carbocycles. The molecule has 0 saturated heterocycles. The third-order valence-electron chi connectivity index (χ3n) is 2.53. The zero-order chi connectivity index (χ0) is 11.9. The number of carboxylic acid groups (broad SMARTS) is 1. The third kappa shape index (κ3) is 1.63. The molecule has 0 radical (unpaired) electrons. The van der Waals surface area contributed by atoms with Gasteiger partial charge in [-0.25, -0.2) is 5.14 Å². The van der Waals surface area contributed by atoms with E-state index in [1.165, 1.54) is 0 Å². The summed E-state index contributed by atoms with van der Waals surface area (Å²) in [4.78, 5) is 11.0. The van der Waals surface area contributed by atoms with Gasteiger partial charge in [-0.1, -0.05) is 18.2 Å². The van der Waals surface area contributed by atoms with Crippen molar-refractivity contribution in [3.8, 4) is 0 Å². The largest absolute Gasteiger partial charge is 0.481 e. The lowest BCUT2D eigenvalue weighted by molar-refractivity contribution is -0.138. The second-order valence-electron chi connectivity index (χ2n) is 3.53. The number of rotatable bonds is 2. The molecule has 3 N–H and O–H groups in total. The summed E-state index contributed by atoms with van der Waals surface area (Å²) in [5, 5.41) is 14.0. The van der Waals surface area contributed by atoms with Gasteiger partial charge in [0.05, 0.1) is 12.2 Å². The molecule has 1 aliphatic rings. The van der Waals surface area contributed by atoms with Crippen LogP contribution >= 0.6 is 0 Å². The van der Waals surface area contributed by atoms with E-state index in [1.807, 2.05) is 0 Å². The maximum absolute atomic E-state index is 11.3. The Balaban J connectivity index is 2.56. The molecule has 1 aliphatic heterocycles. The van der Waals surface area contributed by atoms with Crippen molar-refractivity contribution in [3.63, 3.8) is 0 Å². The first-order chi connectivity index (χ1) is 7.41. The monoisotopic (exact) mass is 242 g/mol. The molecule has 0 saturated carbocycles. The highest BCUT2D eigenvalue weighted by Gasteiger charge is 2.37. The molecule has 0 bridgehead atoms. The average Bonchev–Trinajstić information content (AvgIpc) is 2.56. The molecule has 1 atom stereocenters. The van der Waals surface area contributed by atoms with Gasteiger partial charge in [-0.15, -0.1) is 0 Å². The molecule has 1 aromatic carbocycles. The fourth-order valence-corrected chi connectivity index (χ4v) is 2.62. The minimum Gasteiger partial charge on any atom is -0.481 e. The van der Waals surface area contributed by atoms with Gasteiger partial charge in [0, 0.05) is 0 Å². The van der Waals surface area contributed by atoms with E-state index in [-0.39, 0.29) is 6.54 Å². The summed E-state index contributed by atoms with van der Waals surface area (Å²) in [6, 6.07) is 6.45. The Morgan fingerprint density at radius 3 is 2.62 bits per heavy atom. The van der Waals surface area contributed by atoms with Crippen molar-refractivity contribution in [2.75, 3.05) is 10.8 Å². The first-order valence-electron chi connectivity index (χ1n) is 4.53. The standard InChI is InChI=1S/C9H10N2O4S/c10-16(14,15)11-5-7(9(12)13)6-3-1-2-4-8(6)11/h1-4,7H,5H2,(H,12,13)(H2,10,14,15). The number of aliphatic carboxylic acids is 1. The van der Waals surface area contributed by atoms with Gasteiger partial charge < -0.3 is 5.11 Å². The van der Waals surface area contributed by atoms with Gasteiger partial charge in [-0.2, -0.15) is 8.42 Å². The Morgan fingerprint density at radius 2 is 2.06 bits per heavy atom. The predicted octanol–water partition coefficient (Wildman–Crippen LogP) is -0.122. The van der Waals surface area contributed by atoms with E-state index < -0.39 is 22.1 Å². The first kappa shape index (κ1) is 10.9. The van der Waals surface area contributed by atoms with Crippen LogP contribution in [-0.2, 0) is 15.0 Å². The fraction of sp³-hybridized carbons (Fsp3) is 0.222. The van der Waals surface area contributed by atoms with Crippen LogP contribution < -0.4 is 9.44 Å². The van der Waals surface area contributed by atoms with E-state index in [9.17, 15) is 13.2 Å². The lowest BCUT2D eigenvalue weighted by atomic mass is 10.0. The van der Waals surface area contributed by atoms with Gasteiger partial charge in [0.1, 0.15) is 5.92 Å². The molecule has 86 valence electrons. The number of carboxylic acids is 1. The minimum atomic E-state index is -3.91. The molecule has 6 nitrogen and oxygen atoms in total. The molecule has 2 rings (SSSR count). The van der Waals surface area contributed by atoms with Crippen molar-refractivity contribution in [1.82, 2.24) is 0 Å². The van der Waals surface area contributed by atoms with Gasteiger partial charge >= 0.3 is 5.97 Å². The summed E-state index contributed by atoms with van der Waals surface area (Å²) >= 11 is 0. The van der Waals surface area contributed by atoms with Crippen LogP contribution in [0.3, 0.4) is 0 Å². The highest BCUT2D eigenvalue weighted by atomic mass is 32.2. The van der Waals surface area contributed by atoms with E-state index in [4.69, 9.17) is 10.2 Å². The van der Waals surface area contributed by atoms with Crippen molar-refractivity contribution < 1.29 is 18.3 Å². The Morgan fingerprint density at radius 1 is 1.44 bits per heavy atom. The molecule has 1 aromatic rings. The lowest BCUT2D eigenvalue weighted by Crippen LogP contribution is -2.36. The van der Waals surface area contributed by atoms with Crippen LogP contribution in [0.1, 0.15) is 11.5 Å². The van der Waals surface area contributed by atoms with Crippen molar-refractivity contribution >= 4 is 21.9 Å². The number of nitrogens with two attached hydrogens (primary N) is 1. The lowest BCUT2D eigenvalue weighted by Gasteiger charge is -2.15. The summed E-state index contributed by atoms with van der Waals surface area (Å²) in [6.07, 6.45) is 0. The zero-order valence-electron chi connectivity index (χ0n) is 8.20. The number of benzene rings is 1. The molecule has 16 heavy (non-hydrogen) atoms. The Kier molecular flexibility index (Phi) is 2.36. The van der Waals surface area contributed by atoms with Crippen molar-refractivity contribution in [2.24, 2.45) is 5.14 Å². The number of anilines is 1. The Labute approximate surface area is 92.5 Å². The summed E-state index contributed by atoms with van der Waals surface area (Å²) in [5.74, 6) is -1.91. The number of carbonyl (C=O) groups is 1. The van der Waals surface area contributed by atoms with Crippen molar-refractivity contribution in [1.29, 1.82) is 0 Å². The molecule has 0 fully saturated rings.